The van der Waals surface area contributed by atoms with E-state index in [0.717, 1.165) is 31.9 Å². The Morgan fingerprint density at radius 3 is 2.15 bits per heavy atom. The first kappa shape index (κ1) is 30.4. The van der Waals surface area contributed by atoms with Gasteiger partial charge in [-0.3, -0.25) is 13.9 Å². The Bertz CT molecular complexity index is 1390. The molecule has 0 spiro atoms. The van der Waals surface area contributed by atoms with Gasteiger partial charge in [-0.15, -0.1) is 0 Å². The minimum atomic E-state index is -4.09. The third kappa shape index (κ3) is 7.92. The van der Waals surface area contributed by atoms with Crippen molar-refractivity contribution in [3.63, 3.8) is 0 Å². The van der Waals surface area contributed by atoms with E-state index >= 15 is 0 Å². The highest BCUT2D eigenvalue weighted by Crippen LogP contribution is 2.26. The Kier molecular flexibility index (Phi) is 10.3. The number of halogens is 1. The van der Waals surface area contributed by atoms with Crippen molar-refractivity contribution >= 4 is 43.5 Å². The van der Waals surface area contributed by atoms with E-state index < -0.39 is 28.5 Å². The third-order valence-corrected chi connectivity index (χ3v) is 8.92. The second kappa shape index (κ2) is 13.3. The van der Waals surface area contributed by atoms with Crippen LogP contribution in [-0.2, 0) is 26.2 Å². The number of sulfonamides is 1. The molecule has 0 saturated carbocycles. The van der Waals surface area contributed by atoms with Crippen LogP contribution in [0.5, 0.6) is 0 Å². The molecule has 0 bridgehead atoms. The third-order valence-electron chi connectivity index (χ3n) is 6.61. The Hall–Kier alpha value is -3.17. The lowest BCUT2D eigenvalue weighted by Gasteiger charge is -2.32. The first-order chi connectivity index (χ1) is 18.4. The zero-order valence-electron chi connectivity index (χ0n) is 23.0. The van der Waals surface area contributed by atoms with Crippen LogP contribution >= 0.6 is 15.9 Å². The lowest BCUT2D eigenvalue weighted by molar-refractivity contribution is -0.139. The molecular formula is C30H36BrN3O4S. The van der Waals surface area contributed by atoms with Gasteiger partial charge in [-0.05, 0) is 76.1 Å². The molecule has 2 amide bonds. The van der Waals surface area contributed by atoms with Crippen molar-refractivity contribution in [3.8, 4) is 0 Å². The molecule has 0 heterocycles. The molecular weight excluding hydrogens is 578 g/mol. The highest BCUT2D eigenvalue weighted by atomic mass is 79.9. The minimum absolute atomic E-state index is 0.0583. The zero-order valence-corrected chi connectivity index (χ0v) is 25.4. The molecule has 208 valence electrons. The highest BCUT2D eigenvalue weighted by molar-refractivity contribution is 9.10. The lowest BCUT2D eigenvalue weighted by atomic mass is 10.1. The van der Waals surface area contributed by atoms with E-state index in [4.69, 9.17) is 0 Å². The highest BCUT2D eigenvalue weighted by Gasteiger charge is 2.32. The van der Waals surface area contributed by atoms with E-state index in [-0.39, 0.29) is 23.4 Å². The van der Waals surface area contributed by atoms with Gasteiger partial charge in [-0.1, -0.05) is 70.4 Å². The smallest absolute Gasteiger partial charge is 0.264 e. The maximum Gasteiger partial charge on any atom is 0.264 e. The molecule has 0 fully saturated rings. The van der Waals surface area contributed by atoms with E-state index in [1.165, 1.54) is 17.0 Å². The maximum atomic E-state index is 13.9. The largest absolute Gasteiger partial charge is 0.352 e. The summed E-state index contributed by atoms with van der Waals surface area (Å²) in [6.07, 6.45) is 0.746. The summed E-state index contributed by atoms with van der Waals surface area (Å²) >= 11 is 3.39. The summed E-state index contributed by atoms with van der Waals surface area (Å²) < 4.78 is 29.6. The van der Waals surface area contributed by atoms with Crippen LogP contribution in [0.1, 0.15) is 43.9 Å². The molecule has 9 heteroatoms. The van der Waals surface area contributed by atoms with Crippen LogP contribution in [0.25, 0.3) is 0 Å². The number of aryl methyl sites for hydroxylation is 2. The summed E-state index contributed by atoms with van der Waals surface area (Å²) in [5.74, 6) is -0.774. The van der Waals surface area contributed by atoms with Gasteiger partial charge in [0.15, 0.2) is 0 Å². The van der Waals surface area contributed by atoms with Crippen LogP contribution < -0.4 is 9.62 Å². The van der Waals surface area contributed by atoms with Gasteiger partial charge in [-0.25, -0.2) is 8.42 Å². The molecule has 3 rings (SSSR count). The van der Waals surface area contributed by atoms with Gasteiger partial charge in [0.1, 0.15) is 12.6 Å². The van der Waals surface area contributed by atoms with Crippen molar-refractivity contribution in [1.29, 1.82) is 0 Å². The maximum absolute atomic E-state index is 13.9. The number of nitrogens with zero attached hydrogens (tertiary/aromatic N) is 2. The van der Waals surface area contributed by atoms with Crippen molar-refractivity contribution in [2.75, 3.05) is 10.8 Å². The number of hydrogen-bond acceptors (Lipinski definition) is 4. The lowest BCUT2D eigenvalue weighted by Crippen LogP contribution is -2.52. The molecule has 2 atom stereocenters. The first-order valence-electron chi connectivity index (χ1n) is 12.9. The Morgan fingerprint density at radius 2 is 1.56 bits per heavy atom. The Labute approximate surface area is 240 Å². The summed E-state index contributed by atoms with van der Waals surface area (Å²) in [6, 6.07) is 20.1. The topological polar surface area (TPSA) is 86.8 Å². The number of carbonyl (C=O) groups is 2. The molecule has 7 nitrogen and oxygen atoms in total. The summed E-state index contributed by atoms with van der Waals surface area (Å²) in [5.41, 5.74) is 3.14. The van der Waals surface area contributed by atoms with Crippen LogP contribution in [0, 0.1) is 13.8 Å². The standard InChI is InChI=1S/C30H36BrN3O4S/c1-6-23(4)32-30(36)24(5)33(19-25-9-7-8-22(3)18-25)29(35)20-34(27-14-12-26(31)13-15-27)39(37,38)28-16-10-21(2)11-17-28/h7-18,23-24H,6,19-20H2,1-5H3,(H,32,36). The number of hydrogen-bond donors (Lipinski definition) is 1. The van der Waals surface area contributed by atoms with E-state index in [1.807, 2.05) is 52.0 Å². The number of anilines is 1. The molecule has 3 aromatic carbocycles. The second-order valence-electron chi connectivity index (χ2n) is 9.81. The van der Waals surface area contributed by atoms with Crippen LogP contribution in [0.3, 0.4) is 0 Å². The average molecular weight is 615 g/mol. The monoisotopic (exact) mass is 613 g/mol. The summed E-state index contributed by atoms with van der Waals surface area (Å²) in [5, 5.41) is 2.94. The molecule has 0 aromatic heterocycles. The molecule has 0 radical (unpaired) electrons. The van der Waals surface area contributed by atoms with E-state index in [0.29, 0.717) is 5.69 Å². The van der Waals surface area contributed by atoms with Gasteiger partial charge in [0.2, 0.25) is 11.8 Å². The Balaban J connectivity index is 2.02. The van der Waals surface area contributed by atoms with Crippen LogP contribution in [0.4, 0.5) is 5.69 Å². The SMILES string of the molecule is CCC(C)NC(=O)C(C)N(Cc1cccc(C)c1)C(=O)CN(c1ccc(Br)cc1)S(=O)(=O)c1ccc(C)cc1. The minimum Gasteiger partial charge on any atom is -0.352 e. The van der Waals surface area contributed by atoms with Gasteiger partial charge >= 0.3 is 0 Å². The molecule has 0 aliphatic rings. The van der Waals surface area contributed by atoms with Crippen LogP contribution in [0.15, 0.2) is 82.2 Å². The normalized spacial score (nSPS) is 12.9. The van der Waals surface area contributed by atoms with E-state index in [2.05, 4.69) is 21.2 Å². The van der Waals surface area contributed by atoms with Crippen molar-refractivity contribution < 1.29 is 18.0 Å². The van der Waals surface area contributed by atoms with Crippen LogP contribution in [-0.4, -0.2) is 43.8 Å². The predicted octanol–water partition coefficient (Wildman–Crippen LogP) is 5.59. The van der Waals surface area contributed by atoms with Crippen molar-refractivity contribution in [2.24, 2.45) is 0 Å². The van der Waals surface area contributed by atoms with Gasteiger partial charge in [0.05, 0.1) is 10.6 Å². The molecule has 2 unspecified atom stereocenters. The summed E-state index contributed by atoms with van der Waals surface area (Å²) in [6.45, 7) is 9.07. The fourth-order valence-corrected chi connectivity index (χ4v) is 5.71. The summed E-state index contributed by atoms with van der Waals surface area (Å²) in [7, 11) is -4.09. The fourth-order valence-electron chi connectivity index (χ4n) is 4.03. The van der Waals surface area contributed by atoms with Crippen molar-refractivity contribution in [1.82, 2.24) is 10.2 Å². The first-order valence-corrected chi connectivity index (χ1v) is 15.2. The zero-order chi connectivity index (χ0) is 28.7. The molecule has 0 aliphatic heterocycles. The molecule has 3 aromatic rings. The van der Waals surface area contributed by atoms with E-state index in [9.17, 15) is 18.0 Å². The quantitative estimate of drug-likeness (QED) is 0.305. The van der Waals surface area contributed by atoms with E-state index in [1.54, 1.807) is 43.3 Å². The number of benzene rings is 3. The molecule has 0 aliphatic carbocycles. The van der Waals surface area contributed by atoms with Crippen LogP contribution in [0.2, 0.25) is 0 Å². The summed E-state index contributed by atoms with van der Waals surface area (Å²) in [4.78, 5) is 28.6. The number of amides is 2. The van der Waals surface area contributed by atoms with Gasteiger partial charge < -0.3 is 10.2 Å². The second-order valence-corrected chi connectivity index (χ2v) is 12.6. The predicted molar refractivity (Wildman–Crippen MR) is 159 cm³/mol. The van der Waals surface area contributed by atoms with Crippen molar-refractivity contribution in [3.05, 3.63) is 94.0 Å². The Morgan fingerprint density at radius 1 is 0.923 bits per heavy atom. The molecule has 39 heavy (non-hydrogen) atoms. The number of carbonyl (C=O) groups excluding carboxylic acids is 2. The van der Waals surface area contributed by atoms with Gasteiger partial charge in [0, 0.05) is 17.1 Å². The number of nitrogens with one attached hydrogen (secondary N) is 1. The number of rotatable bonds is 11. The average Bonchev–Trinajstić information content (AvgIpc) is 2.90. The fraction of sp³-hybridized carbons (Fsp3) is 0.333. The molecule has 0 saturated heterocycles. The van der Waals surface area contributed by atoms with Gasteiger partial charge in [-0.2, -0.15) is 0 Å². The van der Waals surface area contributed by atoms with Gasteiger partial charge in [0.25, 0.3) is 10.0 Å². The molecule has 1 N–H and O–H groups in total. The van der Waals surface area contributed by atoms with Crippen molar-refractivity contribution in [2.45, 2.75) is 64.6 Å².